The van der Waals surface area contributed by atoms with Crippen LogP contribution in [-0.4, -0.2) is 55.5 Å². The summed E-state index contributed by atoms with van der Waals surface area (Å²) in [6.07, 6.45) is 3.45. The van der Waals surface area contributed by atoms with Crippen LogP contribution in [0.4, 0.5) is 18.9 Å². The number of amides is 2. The molecule has 4 rings (SSSR count). The van der Waals surface area contributed by atoms with Gasteiger partial charge in [0.1, 0.15) is 5.69 Å². The number of carbonyl (C=O) groups excluding carboxylic acids is 2. The summed E-state index contributed by atoms with van der Waals surface area (Å²) in [6, 6.07) is 7.35. The molecule has 0 aromatic carbocycles. The lowest BCUT2D eigenvalue weighted by Crippen LogP contribution is -2.29. The number of halogens is 4. The van der Waals surface area contributed by atoms with Crippen LogP contribution in [0, 0.1) is 19.3 Å². The smallest absolute Gasteiger partial charge is 0.422 e. The number of pyridine rings is 2. The van der Waals surface area contributed by atoms with E-state index in [1.54, 1.807) is 19.1 Å². The highest BCUT2D eigenvalue weighted by Gasteiger charge is 2.30. The van der Waals surface area contributed by atoms with Gasteiger partial charge in [0, 0.05) is 12.3 Å². The number of anilines is 1. The van der Waals surface area contributed by atoms with Gasteiger partial charge < -0.3 is 15.4 Å². The normalized spacial score (nSPS) is 11.2. The number of rotatable bonds is 7. The van der Waals surface area contributed by atoms with E-state index in [1.807, 2.05) is 0 Å². The lowest BCUT2D eigenvalue weighted by atomic mass is 10.1. The summed E-state index contributed by atoms with van der Waals surface area (Å²) < 4.78 is 45.1. The second-order valence-corrected chi connectivity index (χ2v) is 7.96. The average molecular weight is 532 g/mol. The quantitative estimate of drug-likeness (QED) is 0.353. The molecule has 0 unspecified atom stereocenters. The number of aryl methyl sites for hydroxylation is 1. The number of carbonyl (C=O) groups is 2. The minimum absolute atomic E-state index is 0.0147. The first kappa shape index (κ1) is 25.5. The fraction of sp³-hybridized carbons (Fsp3) is 0.174. The minimum atomic E-state index is -4.63. The Hall–Kier alpha value is -4.57. The Labute approximate surface area is 212 Å². The van der Waals surface area contributed by atoms with Crippen molar-refractivity contribution < 1.29 is 27.5 Å². The third-order valence-corrected chi connectivity index (χ3v) is 5.22. The van der Waals surface area contributed by atoms with Crippen molar-refractivity contribution >= 4 is 34.6 Å². The predicted molar refractivity (Wildman–Crippen MR) is 127 cm³/mol. The van der Waals surface area contributed by atoms with Crippen LogP contribution in [0.2, 0.25) is 5.02 Å². The molecule has 0 saturated heterocycles. The monoisotopic (exact) mass is 531 g/mol. The van der Waals surface area contributed by atoms with Gasteiger partial charge in [-0.1, -0.05) is 17.5 Å². The number of nitrogens with one attached hydrogen (secondary N) is 2. The van der Waals surface area contributed by atoms with Crippen molar-refractivity contribution in [1.82, 2.24) is 29.7 Å². The van der Waals surface area contributed by atoms with Crippen molar-refractivity contribution in [3.63, 3.8) is 0 Å². The largest absolute Gasteiger partial charge is 0.467 e. The SMILES string of the molecule is C#CCNC(=O)c1c(NC(=O)c2cc(OCC(F)(F)F)nn2-c2ncccc2Cl)c(C)cc2ccnn12. The van der Waals surface area contributed by atoms with Gasteiger partial charge in [0.05, 0.1) is 29.0 Å². The number of nitrogens with zero attached hydrogens (tertiary/aromatic N) is 5. The fourth-order valence-corrected chi connectivity index (χ4v) is 3.60. The van der Waals surface area contributed by atoms with E-state index < -0.39 is 30.5 Å². The molecule has 190 valence electrons. The summed E-state index contributed by atoms with van der Waals surface area (Å²) in [5.74, 6) is 0.331. The molecule has 0 saturated carbocycles. The van der Waals surface area contributed by atoms with Crippen molar-refractivity contribution in [3.8, 4) is 24.0 Å². The molecule has 0 bridgehead atoms. The molecule has 0 atom stereocenters. The maximum atomic E-state index is 13.4. The Bertz CT molecular complexity index is 1540. The molecule has 4 aromatic heterocycles. The molecule has 0 radical (unpaired) electrons. The van der Waals surface area contributed by atoms with E-state index in [9.17, 15) is 22.8 Å². The van der Waals surface area contributed by atoms with E-state index in [0.29, 0.717) is 11.1 Å². The van der Waals surface area contributed by atoms with Gasteiger partial charge in [-0.15, -0.1) is 11.5 Å². The highest BCUT2D eigenvalue weighted by Crippen LogP contribution is 2.27. The number of aromatic nitrogens is 5. The number of fused-ring (bicyclic) bond motifs is 1. The molecule has 37 heavy (non-hydrogen) atoms. The second kappa shape index (κ2) is 10.2. The summed E-state index contributed by atoms with van der Waals surface area (Å²) in [6.45, 7) is -0.0469. The maximum absolute atomic E-state index is 13.4. The van der Waals surface area contributed by atoms with Gasteiger partial charge in [0.25, 0.3) is 11.8 Å². The number of alkyl halides is 3. The van der Waals surface area contributed by atoms with E-state index in [0.717, 1.165) is 10.7 Å². The van der Waals surface area contributed by atoms with Gasteiger partial charge >= 0.3 is 6.18 Å². The molecule has 14 heteroatoms. The highest BCUT2D eigenvalue weighted by molar-refractivity contribution is 6.32. The molecule has 4 heterocycles. The summed E-state index contributed by atoms with van der Waals surface area (Å²) >= 11 is 6.19. The molecule has 2 amide bonds. The van der Waals surface area contributed by atoms with Gasteiger partial charge in [0.15, 0.2) is 18.1 Å². The van der Waals surface area contributed by atoms with Crippen LogP contribution >= 0.6 is 11.6 Å². The zero-order chi connectivity index (χ0) is 26.7. The summed E-state index contributed by atoms with van der Waals surface area (Å²) in [5.41, 5.74) is 0.900. The van der Waals surface area contributed by atoms with Crippen LogP contribution in [0.25, 0.3) is 11.3 Å². The zero-order valence-electron chi connectivity index (χ0n) is 19.0. The van der Waals surface area contributed by atoms with Crippen LogP contribution in [0.1, 0.15) is 26.5 Å². The Morgan fingerprint density at radius 2 is 2.00 bits per heavy atom. The van der Waals surface area contributed by atoms with E-state index in [4.69, 9.17) is 22.8 Å². The van der Waals surface area contributed by atoms with Crippen LogP contribution < -0.4 is 15.4 Å². The maximum Gasteiger partial charge on any atom is 0.422 e. The number of ether oxygens (including phenoxy) is 1. The summed E-state index contributed by atoms with van der Waals surface area (Å²) in [4.78, 5) is 30.4. The number of hydrogen-bond donors (Lipinski definition) is 2. The Kier molecular flexibility index (Phi) is 7.03. The summed E-state index contributed by atoms with van der Waals surface area (Å²) in [7, 11) is 0. The topological polar surface area (TPSA) is 115 Å². The van der Waals surface area contributed by atoms with E-state index in [2.05, 4.69) is 31.7 Å². The molecule has 0 fully saturated rings. The fourth-order valence-electron chi connectivity index (χ4n) is 3.40. The Balaban J connectivity index is 1.78. The van der Waals surface area contributed by atoms with Gasteiger partial charge in [0.2, 0.25) is 5.88 Å². The first-order valence-corrected chi connectivity index (χ1v) is 10.9. The van der Waals surface area contributed by atoms with Gasteiger partial charge in [-0.3, -0.25) is 9.59 Å². The average Bonchev–Trinajstić information content (AvgIpc) is 3.48. The van der Waals surface area contributed by atoms with Crippen molar-refractivity contribution in [2.75, 3.05) is 18.5 Å². The van der Waals surface area contributed by atoms with Crippen LogP contribution in [0.3, 0.4) is 0 Å². The van der Waals surface area contributed by atoms with Gasteiger partial charge in [-0.2, -0.15) is 18.3 Å². The van der Waals surface area contributed by atoms with Crippen molar-refractivity contribution in [2.24, 2.45) is 0 Å². The molecular weight excluding hydrogens is 515 g/mol. The van der Waals surface area contributed by atoms with E-state index in [1.165, 1.54) is 29.0 Å². The molecule has 0 aliphatic carbocycles. The third kappa shape index (κ3) is 5.49. The zero-order valence-corrected chi connectivity index (χ0v) is 19.8. The molecule has 0 aliphatic heterocycles. The second-order valence-electron chi connectivity index (χ2n) is 7.55. The van der Waals surface area contributed by atoms with Gasteiger partial charge in [-0.25, -0.2) is 14.2 Å². The molecule has 4 aromatic rings. The number of hydrogen-bond acceptors (Lipinski definition) is 6. The predicted octanol–water partition coefficient (Wildman–Crippen LogP) is 3.43. The standard InChI is InChI=1S/C23H17ClF3N7O3/c1-3-7-29-22(36)19-18(13(2)10-14-6-9-30-33(14)19)31-21(35)16-11-17(37-12-23(25,26)27)32-34(16)20-15(24)5-4-8-28-20/h1,4-6,8-11H,7,12H2,2H3,(H,29,36)(H,31,35). The van der Waals surface area contributed by atoms with Crippen LogP contribution in [0.15, 0.2) is 42.7 Å². The van der Waals surface area contributed by atoms with Crippen LogP contribution in [-0.2, 0) is 0 Å². The molecule has 0 aliphatic rings. The van der Waals surface area contributed by atoms with E-state index >= 15 is 0 Å². The Morgan fingerprint density at radius 1 is 1.22 bits per heavy atom. The van der Waals surface area contributed by atoms with Crippen molar-refractivity contribution in [3.05, 3.63) is 64.7 Å². The summed E-state index contributed by atoms with van der Waals surface area (Å²) in [5, 5.41) is 13.3. The molecule has 10 nitrogen and oxygen atoms in total. The molecule has 0 spiro atoms. The lowest BCUT2D eigenvalue weighted by molar-refractivity contribution is -0.154. The first-order valence-electron chi connectivity index (χ1n) is 10.5. The highest BCUT2D eigenvalue weighted by atomic mass is 35.5. The lowest BCUT2D eigenvalue weighted by Gasteiger charge is -2.15. The first-order chi connectivity index (χ1) is 17.6. The van der Waals surface area contributed by atoms with Crippen molar-refractivity contribution in [1.29, 1.82) is 0 Å². The van der Waals surface area contributed by atoms with E-state index in [-0.39, 0.29) is 34.5 Å². The third-order valence-electron chi connectivity index (χ3n) is 4.93. The molecular formula is C23H17ClF3N7O3. The number of terminal acetylenes is 1. The van der Waals surface area contributed by atoms with Crippen molar-refractivity contribution in [2.45, 2.75) is 13.1 Å². The van der Waals surface area contributed by atoms with Gasteiger partial charge in [-0.05, 0) is 36.8 Å². The van der Waals surface area contributed by atoms with Crippen LogP contribution in [0.5, 0.6) is 5.88 Å². The minimum Gasteiger partial charge on any atom is -0.467 e. The molecule has 2 N–H and O–H groups in total. The Morgan fingerprint density at radius 3 is 2.70 bits per heavy atom.